The number of benzene rings is 1. The van der Waals surface area contributed by atoms with E-state index in [9.17, 15) is 4.39 Å². The predicted octanol–water partition coefficient (Wildman–Crippen LogP) is 4.54. The van der Waals surface area contributed by atoms with Crippen LogP contribution in [0.3, 0.4) is 0 Å². The van der Waals surface area contributed by atoms with Gasteiger partial charge in [0.05, 0.1) is 42.7 Å². The highest BCUT2D eigenvalue weighted by Gasteiger charge is 2.22. The minimum Gasteiger partial charge on any atom is -0.377 e. The molecule has 0 unspecified atom stereocenters. The molecule has 5 rings (SSSR count). The monoisotopic (exact) mass is 407 g/mol. The van der Waals surface area contributed by atoms with Crippen LogP contribution in [0.5, 0.6) is 0 Å². The van der Waals surface area contributed by atoms with E-state index in [-0.39, 0.29) is 11.9 Å². The summed E-state index contributed by atoms with van der Waals surface area (Å²) in [5.41, 5.74) is 3.49. The maximum absolute atomic E-state index is 13.5. The zero-order valence-electron chi connectivity index (χ0n) is 16.9. The van der Waals surface area contributed by atoms with Gasteiger partial charge in [-0.1, -0.05) is 19.3 Å². The van der Waals surface area contributed by atoms with Crippen LogP contribution in [0, 0.1) is 11.7 Å². The Balaban J connectivity index is 1.52. The maximum Gasteiger partial charge on any atom is 0.223 e. The maximum atomic E-state index is 13.5. The average Bonchev–Trinajstić information content (AvgIpc) is 3.16. The Hall–Kier alpha value is -2.80. The van der Waals surface area contributed by atoms with Gasteiger partial charge in [-0.3, -0.25) is 0 Å². The summed E-state index contributed by atoms with van der Waals surface area (Å²) >= 11 is 0. The van der Waals surface area contributed by atoms with Gasteiger partial charge in [-0.05, 0) is 49.1 Å². The fourth-order valence-electron chi connectivity index (χ4n) is 4.32. The van der Waals surface area contributed by atoms with Gasteiger partial charge in [0.25, 0.3) is 0 Å². The first kappa shape index (κ1) is 19.2. The van der Waals surface area contributed by atoms with Crippen LogP contribution in [0.4, 0.5) is 10.3 Å². The molecule has 0 radical (unpaired) electrons. The van der Waals surface area contributed by atoms with Crippen molar-refractivity contribution in [2.24, 2.45) is 5.92 Å². The SMILES string of the molecule is Fc1ccc(-c2ncn(CC3CCCCC3)c2-c2ccnc(NC3COC3)n2)cc1. The summed E-state index contributed by atoms with van der Waals surface area (Å²) < 4.78 is 20.9. The van der Waals surface area contributed by atoms with Crippen LogP contribution in [-0.2, 0) is 11.3 Å². The van der Waals surface area contributed by atoms with Crippen LogP contribution in [-0.4, -0.2) is 38.8 Å². The summed E-state index contributed by atoms with van der Waals surface area (Å²) in [4.78, 5) is 13.9. The summed E-state index contributed by atoms with van der Waals surface area (Å²) in [7, 11) is 0. The Kier molecular flexibility index (Phi) is 5.45. The number of hydrogen-bond donors (Lipinski definition) is 1. The molecule has 1 saturated carbocycles. The van der Waals surface area contributed by atoms with Gasteiger partial charge in [0, 0.05) is 18.3 Å². The molecule has 0 atom stereocenters. The van der Waals surface area contributed by atoms with Crippen LogP contribution in [0.2, 0.25) is 0 Å². The first-order valence-corrected chi connectivity index (χ1v) is 10.7. The first-order chi connectivity index (χ1) is 14.8. The van der Waals surface area contributed by atoms with Crippen molar-refractivity contribution in [2.45, 2.75) is 44.7 Å². The molecule has 7 heteroatoms. The lowest BCUT2D eigenvalue weighted by Crippen LogP contribution is -2.40. The summed E-state index contributed by atoms with van der Waals surface area (Å²) in [5, 5.41) is 3.32. The van der Waals surface area contributed by atoms with E-state index in [0.29, 0.717) is 25.1 Å². The molecular weight excluding hydrogens is 381 g/mol. The zero-order valence-corrected chi connectivity index (χ0v) is 16.9. The first-order valence-electron chi connectivity index (χ1n) is 10.7. The van der Waals surface area contributed by atoms with Crippen LogP contribution in [0.1, 0.15) is 32.1 Å². The lowest BCUT2D eigenvalue weighted by Gasteiger charge is -2.26. The number of imidazole rings is 1. The van der Waals surface area contributed by atoms with E-state index >= 15 is 0 Å². The molecule has 1 aliphatic heterocycles. The molecule has 1 aromatic carbocycles. The van der Waals surface area contributed by atoms with Crippen molar-refractivity contribution < 1.29 is 9.13 Å². The van der Waals surface area contributed by atoms with Gasteiger partial charge in [-0.25, -0.2) is 19.3 Å². The standard InChI is InChI=1S/C23H26FN5O/c24-18-8-6-17(7-9-18)21-22(29(15-26-21)12-16-4-2-1-3-5-16)20-10-11-25-23(28-20)27-19-13-30-14-19/h6-11,15-16,19H,1-5,12-14H2,(H,25,27,28). The molecule has 30 heavy (non-hydrogen) atoms. The smallest absolute Gasteiger partial charge is 0.223 e. The number of halogens is 1. The fourth-order valence-corrected chi connectivity index (χ4v) is 4.32. The number of aromatic nitrogens is 4. The molecule has 2 fully saturated rings. The van der Waals surface area contributed by atoms with E-state index < -0.39 is 0 Å². The Morgan fingerprint density at radius 3 is 2.57 bits per heavy atom. The largest absolute Gasteiger partial charge is 0.377 e. The van der Waals surface area contributed by atoms with Crippen molar-refractivity contribution in [3.8, 4) is 22.6 Å². The third kappa shape index (κ3) is 4.07. The van der Waals surface area contributed by atoms with Crippen molar-refractivity contribution in [2.75, 3.05) is 18.5 Å². The van der Waals surface area contributed by atoms with Gasteiger partial charge in [0.1, 0.15) is 5.82 Å². The molecule has 156 valence electrons. The molecule has 2 aliphatic rings. The van der Waals surface area contributed by atoms with Gasteiger partial charge >= 0.3 is 0 Å². The summed E-state index contributed by atoms with van der Waals surface area (Å²) in [6, 6.07) is 8.68. The normalized spacial score (nSPS) is 17.6. The highest BCUT2D eigenvalue weighted by Crippen LogP contribution is 2.33. The molecule has 3 aromatic rings. The molecule has 0 spiro atoms. The van der Waals surface area contributed by atoms with Crippen molar-refractivity contribution >= 4 is 5.95 Å². The third-order valence-electron chi connectivity index (χ3n) is 6.00. The molecule has 1 N–H and O–H groups in total. The predicted molar refractivity (Wildman–Crippen MR) is 113 cm³/mol. The van der Waals surface area contributed by atoms with E-state index in [1.807, 2.05) is 12.4 Å². The Morgan fingerprint density at radius 2 is 1.83 bits per heavy atom. The van der Waals surface area contributed by atoms with Gasteiger partial charge < -0.3 is 14.6 Å². The van der Waals surface area contributed by atoms with E-state index in [1.54, 1.807) is 18.3 Å². The minimum absolute atomic E-state index is 0.252. The van der Waals surface area contributed by atoms with E-state index in [4.69, 9.17) is 14.7 Å². The number of nitrogens with one attached hydrogen (secondary N) is 1. The number of rotatable bonds is 6. The highest BCUT2D eigenvalue weighted by molar-refractivity contribution is 5.77. The van der Waals surface area contributed by atoms with E-state index in [1.165, 1.54) is 44.2 Å². The molecule has 1 saturated heterocycles. The van der Waals surface area contributed by atoms with Crippen LogP contribution < -0.4 is 5.32 Å². The van der Waals surface area contributed by atoms with E-state index in [0.717, 1.165) is 29.2 Å². The molecule has 0 bridgehead atoms. The number of nitrogens with zero attached hydrogens (tertiary/aromatic N) is 4. The quantitative estimate of drug-likeness (QED) is 0.650. The topological polar surface area (TPSA) is 64.9 Å². The third-order valence-corrected chi connectivity index (χ3v) is 6.00. The lowest BCUT2D eigenvalue weighted by molar-refractivity contribution is 0.0208. The highest BCUT2D eigenvalue weighted by atomic mass is 19.1. The summed E-state index contributed by atoms with van der Waals surface area (Å²) in [5.74, 6) is 0.994. The van der Waals surface area contributed by atoms with Crippen LogP contribution in [0.25, 0.3) is 22.6 Å². The Bertz CT molecular complexity index is 993. The Labute approximate surface area is 175 Å². The summed E-state index contributed by atoms with van der Waals surface area (Å²) in [6.45, 7) is 2.27. The average molecular weight is 407 g/mol. The molecule has 6 nitrogen and oxygen atoms in total. The van der Waals surface area contributed by atoms with Gasteiger partial charge in [0.2, 0.25) is 5.95 Å². The molecule has 1 aliphatic carbocycles. The Morgan fingerprint density at radius 1 is 1.03 bits per heavy atom. The molecule has 3 heterocycles. The molecular formula is C23H26FN5O. The van der Waals surface area contributed by atoms with Gasteiger partial charge in [-0.15, -0.1) is 0 Å². The second-order valence-corrected chi connectivity index (χ2v) is 8.25. The van der Waals surface area contributed by atoms with Crippen molar-refractivity contribution in [1.82, 2.24) is 19.5 Å². The second-order valence-electron chi connectivity index (χ2n) is 8.25. The van der Waals surface area contributed by atoms with Crippen LogP contribution in [0.15, 0.2) is 42.9 Å². The van der Waals surface area contributed by atoms with Crippen molar-refractivity contribution in [1.29, 1.82) is 0 Å². The van der Waals surface area contributed by atoms with Gasteiger partial charge in [0.15, 0.2) is 0 Å². The van der Waals surface area contributed by atoms with Crippen LogP contribution >= 0.6 is 0 Å². The number of hydrogen-bond acceptors (Lipinski definition) is 5. The molecule has 2 aromatic heterocycles. The van der Waals surface area contributed by atoms with E-state index in [2.05, 4.69) is 14.9 Å². The summed E-state index contributed by atoms with van der Waals surface area (Å²) in [6.07, 6.45) is 10.1. The number of anilines is 1. The molecule has 0 amide bonds. The zero-order chi connectivity index (χ0) is 20.3. The van der Waals surface area contributed by atoms with Gasteiger partial charge in [-0.2, -0.15) is 0 Å². The van der Waals surface area contributed by atoms with Crippen molar-refractivity contribution in [3.63, 3.8) is 0 Å². The van der Waals surface area contributed by atoms with Crippen molar-refractivity contribution in [3.05, 3.63) is 48.7 Å². The number of ether oxygens (including phenoxy) is 1. The lowest BCUT2D eigenvalue weighted by atomic mass is 9.89. The fraction of sp³-hybridized carbons (Fsp3) is 0.435. The second kappa shape index (κ2) is 8.52. The minimum atomic E-state index is -0.252.